The zero-order chi connectivity index (χ0) is 47.1. The maximum atomic E-state index is 10.9. The highest BCUT2D eigenvalue weighted by atomic mass is 35.5. The number of halogens is 6. The van der Waals surface area contributed by atoms with Gasteiger partial charge in [0, 0.05) is 0 Å². The normalized spacial score (nSPS) is 11.2. The van der Waals surface area contributed by atoms with Gasteiger partial charge in [-0.1, -0.05) is 36.4 Å². The summed E-state index contributed by atoms with van der Waals surface area (Å²) in [6, 6.07) is 27.1. The van der Waals surface area contributed by atoms with Crippen molar-refractivity contribution in [1.29, 1.82) is 0 Å². The van der Waals surface area contributed by atoms with Crippen LogP contribution in [0.25, 0.3) is 0 Å². The number of ether oxygens (including phenoxy) is 3. The fraction of sp³-hybridized carbons (Fsp3) is 0.200. The van der Waals surface area contributed by atoms with Crippen molar-refractivity contribution in [3.05, 3.63) is 174 Å². The molecule has 7 aromatic rings. The largest absolute Gasteiger partial charge is 0.482 e. The second-order valence-electron chi connectivity index (χ2n) is 15.0. The van der Waals surface area contributed by atoms with E-state index in [9.17, 15) is 14.4 Å². The average Bonchev–Trinajstić information content (AvgIpc) is 3.81. The monoisotopic (exact) mass is 1020 g/mol. The number of hydrogen-bond acceptors (Lipinski definition) is 6. The van der Waals surface area contributed by atoms with Gasteiger partial charge in [0.25, 0.3) is 30.9 Å². The smallest absolute Gasteiger partial charge is 0.341 e. The van der Waals surface area contributed by atoms with E-state index in [0.717, 1.165) is 33.4 Å². The maximum absolute atomic E-state index is 10.9. The number of nitrogens with zero attached hydrogens (tertiary/aromatic N) is 6. The molecule has 15 nitrogen and oxygen atoms in total. The molecule has 3 heterocycles. The molecule has 0 radical (unpaired) electrons. The molecule has 0 amide bonds. The Morgan fingerprint density at radius 3 is 0.879 bits per heavy atom. The van der Waals surface area contributed by atoms with Gasteiger partial charge in [-0.05, 0) is 158 Å². The predicted octanol–water partition coefficient (Wildman–Crippen LogP) is 7.55. The van der Waals surface area contributed by atoms with E-state index in [2.05, 4.69) is 0 Å². The molecule has 0 fully saturated rings. The van der Waals surface area contributed by atoms with Gasteiger partial charge in [-0.2, -0.15) is 0 Å². The summed E-state index contributed by atoms with van der Waals surface area (Å²) >= 11 is 40.9. The van der Waals surface area contributed by atoms with E-state index in [4.69, 9.17) is 99.1 Å². The van der Waals surface area contributed by atoms with Gasteiger partial charge < -0.3 is 29.5 Å². The molecule has 0 unspecified atom stereocenters. The Bertz CT molecular complexity index is 2560. The number of benzene rings is 4. The Morgan fingerprint density at radius 2 is 0.652 bits per heavy atom. The SMILES string of the molecule is O=C(O)COc1ccc(Cn2c[n+](Cc3cc(C[n+]4cn(Cc5ccc(OCC(=O)O)cc5)c(Cl)c4Cl)cc(C[n+]4cn(Cc5ccc(OCC(=O)O)cc5)c(Cl)c4Cl)c3)c(Cl)c2Cl)cc1. The minimum absolute atomic E-state index is 0.315. The topological polar surface area (TPSA) is 166 Å². The lowest BCUT2D eigenvalue weighted by atomic mass is 10.0. The molecule has 0 atom stereocenters. The number of imidazole rings is 3. The van der Waals surface area contributed by atoms with Crippen molar-refractivity contribution >= 4 is 87.5 Å². The third kappa shape index (κ3) is 12.5. The molecule has 0 saturated heterocycles. The highest BCUT2D eigenvalue weighted by molar-refractivity contribution is 6.40. The molecular formula is C45H39Cl6N6O9+3. The number of carboxylic acids is 3. The Labute approximate surface area is 407 Å². The van der Waals surface area contributed by atoms with Crippen LogP contribution in [0.5, 0.6) is 17.2 Å². The summed E-state index contributed by atoms with van der Waals surface area (Å²) in [5.41, 5.74) is 5.27. The van der Waals surface area contributed by atoms with Crippen molar-refractivity contribution in [3.63, 3.8) is 0 Å². The lowest BCUT2D eigenvalue weighted by Crippen LogP contribution is -2.36. The molecule has 7 rings (SSSR count). The zero-order valence-electron chi connectivity index (χ0n) is 34.5. The van der Waals surface area contributed by atoms with Crippen molar-refractivity contribution in [2.45, 2.75) is 39.3 Å². The maximum Gasteiger partial charge on any atom is 0.341 e. The van der Waals surface area contributed by atoms with Crippen molar-refractivity contribution < 1.29 is 57.6 Å². The molecule has 0 aliphatic heterocycles. The summed E-state index contributed by atoms with van der Waals surface area (Å²) in [7, 11) is 0. The van der Waals surface area contributed by atoms with Gasteiger partial charge in [0.1, 0.15) is 56.5 Å². The van der Waals surface area contributed by atoms with Gasteiger partial charge in [-0.3, -0.25) is 0 Å². The van der Waals surface area contributed by atoms with E-state index in [-0.39, 0.29) is 0 Å². The second-order valence-corrected chi connectivity index (χ2v) is 17.1. The summed E-state index contributed by atoms with van der Waals surface area (Å²) in [5, 5.41) is 28.7. The van der Waals surface area contributed by atoms with Crippen LogP contribution < -0.4 is 27.9 Å². The first-order chi connectivity index (χ1) is 31.6. The lowest BCUT2D eigenvalue weighted by Gasteiger charge is -2.08. The van der Waals surface area contributed by atoms with Crippen molar-refractivity contribution in [1.82, 2.24) is 13.7 Å². The van der Waals surface area contributed by atoms with Gasteiger partial charge in [0.15, 0.2) is 19.8 Å². The summed E-state index contributed by atoms with van der Waals surface area (Å²) < 4.78 is 26.7. The summed E-state index contributed by atoms with van der Waals surface area (Å²) in [4.78, 5) is 32.7. The standard InChI is InChI=1S/C45H36Cl6N6O9/c46-40-43(49)55(25-52(40)16-28-1-7-34(8-2-28)64-22-37(58)59)19-31-13-32(20-56-26-53(41(47)44(56)50)17-29-3-9-35(10-4-29)65-23-38(60)61)15-33(14-31)21-57-27-54(42(48)45(57)51)18-30-5-11-36(12-6-30)66-24-39(62)63/h1-15,25-27H,16-24H2/p+3. The van der Waals surface area contributed by atoms with Crippen LogP contribution in [-0.4, -0.2) is 66.7 Å². The van der Waals surface area contributed by atoms with Gasteiger partial charge in [-0.15, -0.1) is 0 Å². The molecule has 0 saturated carbocycles. The molecule has 0 aliphatic carbocycles. The van der Waals surface area contributed by atoms with Crippen molar-refractivity contribution in [3.8, 4) is 17.2 Å². The summed E-state index contributed by atoms with van der Waals surface area (Å²) in [6.45, 7) is 0.763. The fourth-order valence-electron chi connectivity index (χ4n) is 6.98. The highest BCUT2D eigenvalue weighted by Crippen LogP contribution is 2.26. The Balaban J connectivity index is 1.15. The Morgan fingerprint density at radius 1 is 0.409 bits per heavy atom. The molecule has 342 valence electrons. The van der Waals surface area contributed by atoms with Gasteiger partial charge >= 0.3 is 17.9 Å². The minimum Gasteiger partial charge on any atom is -0.482 e. The van der Waals surface area contributed by atoms with E-state index >= 15 is 0 Å². The van der Waals surface area contributed by atoms with Crippen LogP contribution in [0.2, 0.25) is 30.9 Å². The van der Waals surface area contributed by atoms with E-state index < -0.39 is 37.7 Å². The lowest BCUT2D eigenvalue weighted by molar-refractivity contribution is -0.687. The molecule has 3 N–H and O–H groups in total. The molecule has 0 spiro atoms. The Hall–Kier alpha value is -5.94. The first-order valence-corrected chi connectivity index (χ1v) is 22.1. The van der Waals surface area contributed by atoms with Gasteiger partial charge in [0.05, 0.1) is 0 Å². The predicted molar refractivity (Wildman–Crippen MR) is 244 cm³/mol. The minimum atomic E-state index is -1.07. The number of aromatic nitrogens is 6. The van der Waals surface area contributed by atoms with Crippen LogP contribution >= 0.6 is 69.6 Å². The van der Waals surface area contributed by atoms with Crippen LogP contribution in [-0.2, 0) is 53.7 Å². The third-order valence-corrected chi connectivity index (χ3v) is 12.6. The van der Waals surface area contributed by atoms with Crippen LogP contribution in [0, 0.1) is 0 Å². The van der Waals surface area contributed by atoms with E-state index in [1.165, 1.54) is 0 Å². The van der Waals surface area contributed by atoms with Crippen LogP contribution in [0.1, 0.15) is 33.4 Å². The quantitative estimate of drug-likeness (QED) is 0.0617. The zero-order valence-corrected chi connectivity index (χ0v) is 39.0. The van der Waals surface area contributed by atoms with Gasteiger partial charge in [-0.25, -0.2) is 41.8 Å². The van der Waals surface area contributed by atoms with Crippen LogP contribution in [0.3, 0.4) is 0 Å². The van der Waals surface area contributed by atoms with Crippen LogP contribution in [0.4, 0.5) is 0 Å². The van der Waals surface area contributed by atoms with E-state index in [0.29, 0.717) is 87.4 Å². The number of rotatable bonds is 21. The number of carboxylic acid groups (broad SMARTS) is 3. The molecular weight excluding hydrogens is 981 g/mol. The first-order valence-electron chi connectivity index (χ1n) is 19.8. The van der Waals surface area contributed by atoms with Crippen molar-refractivity contribution in [2.24, 2.45) is 0 Å². The average molecular weight is 1020 g/mol. The molecule has 21 heteroatoms. The molecule has 0 aliphatic rings. The summed E-state index contributed by atoms with van der Waals surface area (Å²) in [6.07, 6.45) is 5.45. The van der Waals surface area contributed by atoms with E-state index in [1.54, 1.807) is 50.1 Å². The van der Waals surface area contributed by atoms with Gasteiger partial charge in [0.2, 0.25) is 19.0 Å². The Kier molecular flexibility index (Phi) is 15.7. The third-order valence-electron chi connectivity index (χ3n) is 9.95. The molecule has 4 aromatic carbocycles. The van der Waals surface area contributed by atoms with E-state index in [1.807, 2.05) is 87.3 Å². The van der Waals surface area contributed by atoms with Crippen molar-refractivity contribution in [2.75, 3.05) is 19.8 Å². The second kappa shape index (κ2) is 21.6. The fourth-order valence-corrected chi connectivity index (χ4v) is 8.25. The summed E-state index contributed by atoms with van der Waals surface area (Å²) in [5.74, 6) is -1.94. The number of aliphatic carboxylic acids is 3. The molecule has 66 heavy (non-hydrogen) atoms. The molecule has 3 aromatic heterocycles. The number of hydrogen-bond donors (Lipinski definition) is 3. The number of carbonyl (C=O) groups is 3. The van der Waals surface area contributed by atoms with Crippen LogP contribution in [0.15, 0.2) is 110 Å². The highest BCUT2D eigenvalue weighted by Gasteiger charge is 2.25. The first kappa shape index (κ1) is 48.0. The molecule has 0 bridgehead atoms.